The lowest BCUT2D eigenvalue weighted by Crippen LogP contribution is -2.34. The first-order valence-electron chi connectivity index (χ1n) is 4.76. The Hall–Kier alpha value is -0.740. The second-order valence-corrected chi connectivity index (χ2v) is 7.35. The minimum atomic E-state index is -3.79. The molecule has 102 valence electrons. The van der Waals surface area contributed by atoms with E-state index in [4.69, 9.17) is 11.6 Å². The minimum absolute atomic E-state index is 0.0457. The van der Waals surface area contributed by atoms with Crippen LogP contribution in [0.1, 0.15) is 0 Å². The van der Waals surface area contributed by atoms with Crippen LogP contribution in [0.2, 0.25) is 5.02 Å². The number of nitrogens with zero attached hydrogens (tertiary/aromatic N) is 1. The smallest absolute Gasteiger partial charge is 0.243 e. The van der Waals surface area contributed by atoms with E-state index in [9.17, 15) is 16.8 Å². The zero-order chi connectivity index (χ0) is 13.8. The van der Waals surface area contributed by atoms with Crippen LogP contribution in [0.3, 0.4) is 0 Å². The van der Waals surface area contributed by atoms with Crippen molar-refractivity contribution in [2.75, 3.05) is 19.3 Å². The van der Waals surface area contributed by atoms with E-state index in [0.29, 0.717) is 0 Å². The Morgan fingerprint density at radius 2 is 1.83 bits per heavy atom. The Bertz CT molecular complexity index is 615. The van der Waals surface area contributed by atoms with Gasteiger partial charge in [-0.3, -0.25) is 4.98 Å². The van der Waals surface area contributed by atoms with Crippen LogP contribution in [0.4, 0.5) is 0 Å². The van der Waals surface area contributed by atoms with E-state index < -0.39 is 20.0 Å². The van der Waals surface area contributed by atoms with E-state index in [1.54, 1.807) is 0 Å². The molecule has 2 N–H and O–H groups in total. The van der Waals surface area contributed by atoms with Gasteiger partial charge in [0, 0.05) is 25.5 Å². The summed E-state index contributed by atoms with van der Waals surface area (Å²) in [6.45, 7) is -0.128. The molecular weight excluding hydrogens is 302 g/mol. The van der Waals surface area contributed by atoms with Crippen LogP contribution in [0.5, 0.6) is 0 Å². The van der Waals surface area contributed by atoms with Gasteiger partial charge in [-0.25, -0.2) is 26.3 Å². The van der Waals surface area contributed by atoms with Crippen molar-refractivity contribution in [3.63, 3.8) is 0 Å². The maximum absolute atomic E-state index is 11.8. The van der Waals surface area contributed by atoms with Gasteiger partial charge in [0.15, 0.2) is 0 Å². The summed E-state index contributed by atoms with van der Waals surface area (Å²) in [4.78, 5) is 3.52. The lowest BCUT2D eigenvalue weighted by atomic mass is 10.5. The molecule has 1 rings (SSSR count). The molecule has 0 radical (unpaired) electrons. The SMILES string of the molecule is CS(=O)(=O)NCCNS(=O)(=O)c1cnccc1Cl. The molecule has 0 atom stereocenters. The average Bonchev–Trinajstić information content (AvgIpc) is 2.24. The summed E-state index contributed by atoms with van der Waals surface area (Å²) in [6.07, 6.45) is 3.47. The normalized spacial score (nSPS) is 12.6. The van der Waals surface area contributed by atoms with Crippen molar-refractivity contribution in [3.05, 3.63) is 23.5 Å². The van der Waals surface area contributed by atoms with E-state index >= 15 is 0 Å². The quantitative estimate of drug-likeness (QED) is 0.693. The Balaban J connectivity index is 2.65. The molecule has 7 nitrogen and oxygen atoms in total. The van der Waals surface area contributed by atoms with E-state index in [0.717, 1.165) is 12.5 Å². The van der Waals surface area contributed by atoms with Crippen molar-refractivity contribution in [1.82, 2.24) is 14.4 Å². The molecule has 10 heteroatoms. The number of pyridine rings is 1. The fraction of sp³-hybridized carbons (Fsp3) is 0.375. The molecule has 0 aromatic carbocycles. The summed E-state index contributed by atoms with van der Waals surface area (Å²) >= 11 is 5.72. The molecule has 0 saturated carbocycles. The fourth-order valence-electron chi connectivity index (χ4n) is 1.06. The molecule has 0 aliphatic carbocycles. The standard InChI is InChI=1S/C8H12ClN3O4S2/c1-17(13,14)11-4-5-12-18(15,16)8-6-10-3-2-7(8)9/h2-3,6,11-12H,4-5H2,1H3. The first kappa shape index (κ1) is 15.3. The van der Waals surface area contributed by atoms with Crippen molar-refractivity contribution in [2.24, 2.45) is 0 Å². The highest BCUT2D eigenvalue weighted by Crippen LogP contribution is 2.18. The predicted molar refractivity (Wildman–Crippen MR) is 67.3 cm³/mol. The molecule has 0 saturated heterocycles. The minimum Gasteiger partial charge on any atom is -0.263 e. The maximum atomic E-state index is 11.8. The van der Waals surface area contributed by atoms with Crippen LogP contribution in [0.25, 0.3) is 0 Å². The number of hydrogen-bond donors (Lipinski definition) is 2. The molecule has 0 aliphatic heterocycles. The lowest BCUT2D eigenvalue weighted by molar-refractivity contribution is 0.573. The third kappa shape index (κ3) is 4.86. The number of aromatic nitrogens is 1. The summed E-state index contributed by atoms with van der Waals surface area (Å²) in [5.74, 6) is 0. The van der Waals surface area contributed by atoms with Gasteiger partial charge < -0.3 is 0 Å². The topological polar surface area (TPSA) is 105 Å². The second kappa shape index (κ2) is 5.93. The molecule has 0 aliphatic rings. The van der Waals surface area contributed by atoms with Gasteiger partial charge in [-0.2, -0.15) is 0 Å². The molecule has 0 fully saturated rings. The van der Waals surface area contributed by atoms with Crippen molar-refractivity contribution in [1.29, 1.82) is 0 Å². The van der Waals surface area contributed by atoms with Gasteiger partial charge >= 0.3 is 0 Å². The fourth-order valence-corrected chi connectivity index (χ4v) is 2.99. The highest BCUT2D eigenvalue weighted by Gasteiger charge is 2.17. The van der Waals surface area contributed by atoms with Gasteiger partial charge in [-0.05, 0) is 6.07 Å². The third-order valence-electron chi connectivity index (χ3n) is 1.80. The molecule has 0 amide bonds. The Kier molecular flexibility index (Phi) is 5.05. The van der Waals surface area contributed by atoms with Gasteiger partial charge in [0.25, 0.3) is 0 Å². The number of rotatable bonds is 6. The summed E-state index contributed by atoms with van der Waals surface area (Å²) in [7, 11) is -7.13. The number of nitrogens with one attached hydrogen (secondary N) is 2. The molecule has 18 heavy (non-hydrogen) atoms. The molecule has 1 aromatic heterocycles. The van der Waals surface area contributed by atoms with Crippen molar-refractivity contribution in [2.45, 2.75) is 4.90 Å². The predicted octanol–water partition coefficient (Wildman–Crippen LogP) is -0.437. The van der Waals surface area contributed by atoms with Crippen LogP contribution in [-0.4, -0.2) is 41.2 Å². The zero-order valence-electron chi connectivity index (χ0n) is 9.42. The Morgan fingerprint density at radius 1 is 1.22 bits per heavy atom. The van der Waals surface area contributed by atoms with E-state index in [1.165, 1.54) is 12.3 Å². The van der Waals surface area contributed by atoms with Gasteiger partial charge in [0.2, 0.25) is 20.0 Å². The van der Waals surface area contributed by atoms with Crippen LogP contribution in [0, 0.1) is 0 Å². The Labute approximate surface area is 111 Å². The highest BCUT2D eigenvalue weighted by molar-refractivity contribution is 7.89. The van der Waals surface area contributed by atoms with E-state index in [1.807, 2.05) is 0 Å². The van der Waals surface area contributed by atoms with Gasteiger partial charge in [0.05, 0.1) is 11.3 Å². The number of halogens is 1. The summed E-state index contributed by atoms with van der Waals surface area (Å²) in [6, 6.07) is 1.35. The van der Waals surface area contributed by atoms with E-state index in [-0.39, 0.29) is 23.0 Å². The Morgan fingerprint density at radius 3 is 2.39 bits per heavy atom. The zero-order valence-corrected chi connectivity index (χ0v) is 11.8. The summed E-state index contributed by atoms with van der Waals surface area (Å²) < 4.78 is 49.4. The highest BCUT2D eigenvalue weighted by atomic mass is 35.5. The van der Waals surface area contributed by atoms with Crippen LogP contribution >= 0.6 is 11.6 Å². The van der Waals surface area contributed by atoms with Gasteiger partial charge in [0.1, 0.15) is 4.90 Å². The van der Waals surface area contributed by atoms with Crippen LogP contribution in [0.15, 0.2) is 23.4 Å². The number of hydrogen-bond acceptors (Lipinski definition) is 5. The second-order valence-electron chi connectivity index (χ2n) is 3.37. The maximum Gasteiger partial charge on any atom is 0.243 e. The van der Waals surface area contributed by atoms with Crippen molar-refractivity contribution in [3.8, 4) is 0 Å². The van der Waals surface area contributed by atoms with E-state index in [2.05, 4.69) is 14.4 Å². The van der Waals surface area contributed by atoms with Crippen LogP contribution in [-0.2, 0) is 20.0 Å². The largest absolute Gasteiger partial charge is 0.263 e. The van der Waals surface area contributed by atoms with Gasteiger partial charge in [-0.15, -0.1) is 0 Å². The molecule has 0 spiro atoms. The first-order chi connectivity index (χ1) is 8.22. The monoisotopic (exact) mass is 313 g/mol. The van der Waals surface area contributed by atoms with Gasteiger partial charge in [-0.1, -0.05) is 11.6 Å². The first-order valence-corrected chi connectivity index (χ1v) is 8.51. The summed E-state index contributed by atoms with van der Waals surface area (Å²) in [5, 5.41) is 0.0496. The molecular formula is C8H12ClN3O4S2. The molecule has 1 heterocycles. The van der Waals surface area contributed by atoms with Crippen LogP contribution < -0.4 is 9.44 Å². The molecule has 0 bridgehead atoms. The lowest BCUT2D eigenvalue weighted by Gasteiger charge is -2.07. The average molecular weight is 314 g/mol. The number of sulfonamides is 2. The molecule has 0 unspecified atom stereocenters. The van der Waals surface area contributed by atoms with Crippen molar-refractivity contribution < 1.29 is 16.8 Å². The third-order valence-corrected chi connectivity index (χ3v) is 4.46. The molecule has 1 aromatic rings. The van der Waals surface area contributed by atoms with Crippen molar-refractivity contribution >= 4 is 31.6 Å². The summed E-state index contributed by atoms with van der Waals surface area (Å²) in [5.41, 5.74) is 0.